The highest BCUT2D eigenvalue weighted by molar-refractivity contribution is 5.74. The van der Waals surface area contributed by atoms with Gasteiger partial charge in [0, 0.05) is 12.0 Å². The van der Waals surface area contributed by atoms with Crippen LogP contribution in [0.4, 0.5) is 0 Å². The molecule has 0 spiro atoms. The molecule has 0 amide bonds. The molecular weight excluding hydrogens is 424 g/mol. The molecule has 1 aliphatic carbocycles. The largest absolute Gasteiger partial charge is 0.396 e. The second kappa shape index (κ2) is 12.1. The number of ether oxygens (including phenoxy) is 1. The Morgan fingerprint density at radius 2 is 1.74 bits per heavy atom. The maximum atomic E-state index is 11.6. The van der Waals surface area contributed by atoms with E-state index in [9.17, 15) is 15.0 Å². The summed E-state index contributed by atoms with van der Waals surface area (Å²) in [4.78, 5) is 11.6. The smallest absolute Gasteiger partial charge is 0.145 e. The molecule has 4 heteroatoms. The Labute approximate surface area is 208 Å². The van der Waals surface area contributed by atoms with Crippen LogP contribution < -0.4 is 0 Å². The van der Waals surface area contributed by atoms with Crippen molar-refractivity contribution in [3.63, 3.8) is 0 Å². The molecule has 2 aliphatic rings. The van der Waals surface area contributed by atoms with Crippen molar-refractivity contribution in [3.05, 3.63) is 34.4 Å². The van der Waals surface area contributed by atoms with Crippen LogP contribution in [0.2, 0.25) is 0 Å². The van der Waals surface area contributed by atoms with Gasteiger partial charge in [-0.15, -0.1) is 0 Å². The molecule has 2 fully saturated rings. The predicted octanol–water partition coefficient (Wildman–Crippen LogP) is 6.85. The van der Waals surface area contributed by atoms with Gasteiger partial charge in [-0.2, -0.15) is 0 Å². The van der Waals surface area contributed by atoms with Gasteiger partial charge in [-0.3, -0.25) is 4.79 Å². The average Bonchev–Trinajstić information content (AvgIpc) is 3.42. The normalized spacial score (nSPS) is 35.1. The van der Waals surface area contributed by atoms with Crippen LogP contribution in [0.1, 0.15) is 113 Å². The van der Waals surface area contributed by atoms with Crippen LogP contribution in [0.5, 0.6) is 0 Å². The second-order valence-corrected chi connectivity index (χ2v) is 11.8. The molecular formula is C30H50O4. The zero-order valence-corrected chi connectivity index (χ0v) is 22.9. The summed E-state index contributed by atoms with van der Waals surface area (Å²) >= 11 is 0. The summed E-state index contributed by atoms with van der Waals surface area (Å²) in [7, 11) is 0. The molecule has 0 radical (unpaired) electrons. The molecule has 0 aromatic heterocycles. The molecule has 0 aromatic rings. The third-order valence-electron chi connectivity index (χ3n) is 8.82. The Balaban J connectivity index is 1.99. The fraction of sp³-hybridized carbons (Fsp3) is 0.767. The Hall–Kier alpha value is -1.23. The van der Waals surface area contributed by atoms with E-state index >= 15 is 0 Å². The number of rotatable bonds is 13. The Morgan fingerprint density at radius 3 is 2.35 bits per heavy atom. The fourth-order valence-electron chi connectivity index (χ4n) is 5.98. The molecule has 1 saturated heterocycles. The van der Waals surface area contributed by atoms with E-state index in [1.165, 1.54) is 16.7 Å². The zero-order chi connectivity index (χ0) is 25.6. The highest BCUT2D eigenvalue weighted by Gasteiger charge is 2.52. The van der Waals surface area contributed by atoms with Gasteiger partial charge in [0.05, 0.1) is 17.3 Å². The number of epoxide rings is 1. The molecule has 5 unspecified atom stereocenters. The van der Waals surface area contributed by atoms with Gasteiger partial charge in [0.15, 0.2) is 0 Å². The van der Waals surface area contributed by atoms with E-state index in [0.717, 1.165) is 63.2 Å². The first kappa shape index (κ1) is 29.0. The lowest BCUT2D eigenvalue weighted by molar-refractivity contribution is -0.115. The number of aliphatic hydroxyl groups is 2. The first-order valence-corrected chi connectivity index (χ1v) is 13.3. The molecule has 1 saturated carbocycles. The molecule has 4 nitrogen and oxygen atoms in total. The molecule has 194 valence electrons. The van der Waals surface area contributed by atoms with E-state index in [-0.39, 0.29) is 23.5 Å². The fourth-order valence-corrected chi connectivity index (χ4v) is 5.98. The molecule has 34 heavy (non-hydrogen) atoms. The lowest BCUT2D eigenvalue weighted by atomic mass is 9.54. The molecule has 0 bridgehead atoms. The first-order chi connectivity index (χ1) is 15.9. The molecule has 2 rings (SSSR count). The highest BCUT2D eigenvalue weighted by Crippen LogP contribution is 2.55. The Kier molecular flexibility index (Phi) is 10.4. The van der Waals surface area contributed by atoms with Crippen molar-refractivity contribution in [3.8, 4) is 0 Å². The van der Waals surface area contributed by atoms with Crippen molar-refractivity contribution in [1.29, 1.82) is 0 Å². The highest BCUT2D eigenvalue weighted by atomic mass is 16.6. The third-order valence-corrected chi connectivity index (χ3v) is 8.82. The summed E-state index contributed by atoms with van der Waals surface area (Å²) in [6.45, 7) is 14.9. The van der Waals surface area contributed by atoms with Crippen molar-refractivity contribution >= 4 is 6.29 Å². The zero-order valence-electron chi connectivity index (χ0n) is 22.9. The van der Waals surface area contributed by atoms with Crippen LogP contribution >= 0.6 is 0 Å². The summed E-state index contributed by atoms with van der Waals surface area (Å²) in [5.74, 6) is 0.115. The number of aldehydes is 1. The number of carbonyl (C=O) groups excluding carboxylic acids is 1. The van der Waals surface area contributed by atoms with Crippen LogP contribution in [0.15, 0.2) is 34.4 Å². The van der Waals surface area contributed by atoms with E-state index in [1.54, 1.807) is 0 Å². The van der Waals surface area contributed by atoms with Crippen molar-refractivity contribution in [2.75, 3.05) is 6.61 Å². The van der Waals surface area contributed by atoms with Gasteiger partial charge in [0.1, 0.15) is 6.29 Å². The Morgan fingerprint density at radius 1 is 1.06 bits per heavy atom. The van der Waals surface area contributed by atoms with Crippen molar-refractivity contribution in [2.24, 2.45) is 11.3 Å². The van der Waals surface area contributed by atoms with Crippen molar-refractivity contribution < 1.29 is 19.7 Å². The molecule has 2 N–H and O–H groups in total. The SMILES string of the molecule is CC(C)=CCCC1(C)OC1CCC(C)=CCCC1(C)C(CCCO)C(=C(C)C=O)CCC1(C)O. The molecule has 0 aromatic carbocycles. The second-order valence-electron chi connectivity index (χ2n) is 11.8. The van der Waals surface area contributed by atoms with Crippen LogP contribution in [-0.2, 0) is 9.53 Å². The van der Waals surface area contributed by atoms with E-state index in [1.807, 2.05) is 13.8 Å². The van der Waals surface area contributed by atoms with Gasteiger partial charge in [-0.05, 0) is 117 Å². The van der Waals surface area contributed by atoms with Gasteiger partial charge in [-0.25, -0.2) is 0 Å². The van der Waals surface area contributed by atoms with Gasteiger partial charge < -0.3 is 14.9 Å². The van der Waals surface area contributed by atoms with E-state index in [0.29, 0.717) is 18.9 Å². The lowest BCUT2D eigenvalue weighted by Crippen LogP contribution is -2.52. The van der Waals surface area contributed by atoms with Crippen LogP contribution in [-0.4, -0.2) is 40.4 Å². The predicted molar refractivity (Wildman–Crippen MR) is 141 cm³/mol. The van der Waals surface area contributed by atoms with Gasteiger partial charge in [0.25, 0.3) is 0 Å². The number of allylic oxidation sites excluding steroid dienone is 6. The maximum Gasteiger partial charge on any atom is 0.145 e. The number of hydrogen-bond acceptors (Lipinski definition) is 4. The number of carbonyl (C=O) groups is 1. The quantitative estimate of drug-likeness (QED) is 0.132. The van der Waals surface area contributed by atoms with Gasteiger partial charge in [0.2, 0.25) is 0 Å². The van der Waals surface area contributed by atoms with Crippen LogP contribution in [0.25, 0.3) is 0 Å². The van der Waals surface area contributed by atoms with Crippen LogP contribution in [0.3, 0.4) is 0 Å². The van der Waals surface area contributed by atoms with E-state index in [2.05, 4.69) is 46.8 Å². The van der Waals surface area contributed by atoms with Gasteiger partial charge in [-0.1, -0.05) is 35.8 Å². The lowest BCUT2D eigenvalue weighted by Gasteiger charge is -2.53. The molecule has 1 heterocycles. The summed E-state index contributed by atoms with van der Waals surface area (Å²) in [6, 6.07) is 0. The third kappa shape index (κ3) is 7.15. The van der Waals surface area contributed by atoms with E-state index < -0.39 is 5.60 Å². The van der Waals surface area contributed by atoms with Crippen LogP contribution in [0, 0.1) is 11.3 Å². The minimum Gasteiger partial charge on any atom is -0.396 e. The first-order valence-electron chi connectivity index (χ1n) is 13.3. The standard InChI is InChI=1S/C30H50O4/c1-22(2)11-8-18-29(6)27(34-29)15-14-23(3)12-9-17-28(5)26(13-10-20-31)25(24(4)21-32)16-19-30(28,7)33/h11-12,21,26-27,31,33H,8-10,13-20H2,1-7H3. The topological polar surface area (TPSA) is 70.1 Å². The van der Waals surface area contributed by atoms with E-state index in [4.69, 9.17) is 4.74 Å². The number of aliphatic hydroxyl groups excluding tert-OH is 1. The van der Waals surface area contributed by atoms with Crippen molar-refractivity contribution in [1.82, 2.24) is 0 Å². The summed E-state index contributed by atoms with van der Waals surface area (Å²) in [5.41, 5.74) is 3.64. The van der Waals surface area contributed by atoms with Gasteiger partial charge >= 0.3 is 0 Å². The minimum atomic E-state index is -0.795. The number of hydrogen-bond donors (Lipinski definition) is 2. The summed E-state index contributed by atoms with van der Waals surface area (Å²) < 4.78 is 6.03. The monoisotopic (exact) mass is 474 g/mol. The molecule has 1 aliphatic heterocycles. The Bertz CT molecular complexity index is 786. The minimum absolute atomic E-state index is 0.0413. The average molecular weight is 475 g/mol. The maximum absolute atomic E-state index is 11.6. The summed E-state index contributed by atoms with van der Waals surface area (Å²) in [6.07, 6.45) is 14.9. The summed E-state index contributed by atoms with van der Waals surface area (Å²) in [5, 5.41) is 20.9. The van der Waals surface area contributed by atoms with Crippen molar-refractivity contribution in [2.45, 2.75) is 130 Å². The molecule has 5 atom stereocenters.